The van der Waals surface area contributed by atoms with E-state index in [-0.39, 0.29) is 12.4 Å². The van der Waals surface area contributed by atoms with Crippen molar-refractivity contribution in [3.63, 3.8) is 0 Å². The van der Waals surface area contributed by atoms with Gasteiger partial charge in [0.15, 0.2) is 0 Å². The second-order valence-corrected chi connectivity index (χ2v) is 3.44. The third-order valence-corrected chi connectivity index (χ3v) is 2.31. The second-order valence-electron chi connectivity index (χ2n) is 3.44. The molecule has 0 atom stereocenters. The van der Waals surface area contributed by atoms with Crippen molar-refractivity contribution >= 4 is 5.82 Å². The predicted octanol–water partition coefficient (Wildman–Crippen LogP) is 1.96. The Balaban J connectivity index is 2.50. The lowest BCUT2D eigenvalue weighted by Gasteiger charge is -2.06. The fraction of sp³-hybridized carbons (Fsp3) is 0.0833. The highest BCUT2D eigenvalue weighted by atomic mass is 19.1. The Bertz CT molecular complexity index is 497. The minimum Gasteiger partial charge on any atom is -0.392 e. The van der Waals surface area contributed by atoms with E-state index in [2.05, 4.69) is 4.98 Å². The molecule has 1 aromatic carbocycles. The predicted molar refractivity (Wildman–Crippen MR) is 60.0 cm³/mol. The Morgan fingerprint density at radius 3 is 2.56 bits per heavy atom. The molecule has 0 fully saturated rings. The lowest BCUT2D eigenvalue weighted by molar-refractivity contribution is 0.281. The van der Waals surface area contributed by atoms with E-state index in [1.807, 2.05) is 0 Å². The van der Waals surface area contributed by atoms with Crippen LogP contribution in [0.4, 0.5) is 10.2 Å². The average Bonchev–Trinajstić information content (AvgIpc) is 2.31. The number of hydrogen-bond acceptors (Lipinski definition) is 3. The highest BCUT2D eigenvalue weighted by molar-refractivity contribution is 5.74. The van der Waals surface area contributed by atoms with Crippen molar-refractivity contribution in [3.8, 4) is 11.1 Å². The van der Waals surface area contributed by atoms with Crippen LogP contribution in [0.5, 0.6) is 0 Å². The zero-order valence-corrected chi connectivity index (χ0v) is 8.52. The summed E-state index contributed by atoms with van der Waals surface area (Å²) in [4.78, 5) is 3.97. The molecule has 0 bridgehead atoms. The fourth-order valence-corrected chi connectivity index (χ4v) is 1.47. The van der Waals surface area contributed by atoms with E-state index in [4.69, 9.17) is 10.8 Å². The van der Waals surface area contributed by atoms with Gasteiger partial charge in [-0.1, -0.05) is 12.1 Å². The summed E-state index contributed by atoms with van der Waals surface area (Å²) >= 11 is 0. The molecule has 3 nitrogen and oxygen atoms in total. The first kappa shape index (κ1) is 10.6. The number of anilines is 1. The Hall–Kier alpha value is -1.94. The molecule has 1 heterocycles. The molecule has 2 aromatic rings. The van der Waals surface area contributed by atoms with Gasteiger partial charge in [0.1, 0.15) is 11.6 Å². The fourth-order valence-electron chi connectivity index (χ4n) is 1.47. The van der Waals surface area contributed by atoms with Crippen LogP contribution in [0.2, 0.25) is 0 Å². The van der Waals surface area contributed by atoms with Crippen LogP contribution in [-0.4, -0.2) is 10.1 Å². The van der Waals surface area contributed by atoms with Crippen LogP contribution in [0.1, 0.15) is 5.56 Å². The Labute approximate surface area is 92.4 Å². The average molecular weight is 218 g/mol. The van der Waals surface area contributed by atoms with Gasteiger partial charge in [-0.15, -0.1) is 0 Å². The van der Waals surface area contributed by atoms with Crippen molar-refractivity contribution in [2.45, 2.75) is 6.61 Å². The number of halogens is 1. The number of nitrogens with zero attached hydrogens (tertiary/aromatic N) is 1. The van der Waals surface area contributed by atoms with E-state index < -0.39 is 0 Å². The lowest BCUT2D eigenvalue weighted by atomic mass is 10.1. The first-order valence-corrected chi connectivity index (χ1v) is 4.82. The molecule has 0 aliphatic heterocycles. The molecule has 0 aliphatic rings. The van der Waals surface area contributed by atoms with Gasteiger partial charge >= 0.3 is 0 Å². The topological polar surface area (TPSA) is 59.1 Å². The van der Waals surface area contributed by atoms with E-state index in [1.165, 1.54) is 18.3 Å². The van der Waals surface area contributed by atoms with Gasteiger partial charge in [-0.25, -0.2) is 9.37 Å². The molecule has 0 saturated carbocycles. The van der Waals surface area contributed by atoms with Crippen LogP contribution in [0.25, 0.3) is 11.1 Å². The van der Waals surface area contributed by atoms with Gasteiger partial charge in [0, 0.05) is 11.8 Å². The third kappa shape index (κ3) is 2.01. The number of rotatable bonds is 2. The van der Waals surface area contributed by atoms with Gasteiger partial charge in [-0.2, -0.15) is 0 Å². The molecule has 0 amide bonds. The molecule has 0 spiro atoms. The van der Waals surface area contributed by atoms with Crippen LogP contribution in [0, 0.1) is 5.82 Å². The van der Waals surface area contributed by atoms with Crippen molar-refractivity contribution in [2.75, 3.05) is 5.73 Å². The van der Waals surface area contributed by atoms with E-state index in [0.717, 1.165) is 5.56 Å². The normalized spacial score (nSPS) is 10.4. The summed E-state index contributed by atoms with van der Waals surface area (Å²) in [7, 11) is 0. The Morgan fingerprint density at radius 2 is 1.94 bits per heavy atom. The molecule has 1 aromatic heterocycles. The number of hydrogen-bond donors (Lipinski definition) is 2. The van der Waals surface area contributed by atoms with Gasteiger partial charge < -0.3 is 10.8 Å². The minimum atomic E-state index is -0.298. The Morgan fingerprint density at radius 1 is 1.25 bits per heavy atom. The smallest absolute Gasteiger partial charge is 0.131 e. The Kier molecular flexibility index (Phi) is 2.83. The van der Waals surface area contributed by atoms with E-state index in [0.29, 0.717) is 16.9 Å². The van der Waals surface area contributed by atoms with Crippen LogP contribution >= 0.6 is 0 Å². The third-order valence-electron chi connectivity index (χ3n) is 2.31. The van der Waals surface area contributed by atoms with E-state index in [9.17, 15) is 4.39 Å². The van der Waals surface area contributed by atoms with Crippen molar-refractivity contribution in [2.24, 2.45) is 0 Å². The van der Waals surface area contributed by atoms with Gasteiger partial charge in [0.25, 0.3) is 0 Å². The van der Waals surface area contributed by atoms with Gasteiger partial charge in [-0.3, -0.25) is 0 Å². The quantitative estimate of drug-likeness (QED) is 0.810. The number of aliphatic hydroxyl groups is 1. The van der Waals surface area contributed by atoms with E-state index >= 15 is 0 Å². The molecule has 0 aliphatic carbocycles. The number of pyridine rings is 1. The van der Waals surface area contributed by atoms with Crippen LogP contribution in [-0.2, 0) is 6.61 Å². The number of nitrogen functional groups attached to an aromatic ring is 1. The molecular weight excluding hydrogens is 207 g/mol. The number of benzene rings is 1. The highest BCUT2D eigenvalue weighted by Crippen LogP contribution is 2.25. The number of nitrogens with two attached hydrogens (primary N) is 1. The number of aliphatic hydroxyl groups excluding tert-OH is 1. The zero-order valence-electron chi connectivity index (χ0n) is 8.52. The summed E-state index contributed by atoms with van der Waals surface area (Å²) in [5.41, 5.74) is 7.88. The molecule has 3 N–H and O–H groups in total. The van der Waals surface area contributed by atoms with Gasteiger partial charge in [0.05, 0.1) is 6.61 Å². The van der Waals surface area contributed by atoms with Gasteiger partial charge in [0.2, 0.25) is 0 Å². The maximum Gasteiger partial charge on any atom is 0.131 e. The molecule has 0 unspecified atom stereocenters. The summed E-state index contributed by atoms with van der Waals surface area (Å²) in [5, 5.41) is 9.00. The maximum atomic E-state index is 12.8. The second kappa shape index (κ2) is 4.28. The monoisotopic (exact) mass is 218 g/mol. The van der Waals surface area contributed by atoms with Crippen LogP contribution in [0.15, 0.2) is 36.5 Å². The molecule has 2 rings (SSSR count). The first-order valence-electron chi connectivity index (χ1n) is 4.82. The van der Waals surface area contributed by atoms with E-state index in [1.54, 1.807) is 18.2 Å². The summed E-state index contributed by atoms with van der Waals surface area (Å²) in [6.45, 7) is -0.0958. The molecule has 0 radical (unpaired) electrons. The highest BCUT2D eigenvalue weighted by Gasteiger charge is 2.05. The van der Waals surface area contributed by atoms with Crippen molar-refractivity contribution in [1.82, 2.24) is 4.98 Å². The minimum absolute atomic E-state index is 0.0958. The van der Waals surface area contributed by atoms with Crippen molar-refractivity contribution in [1.29, 1.82) is 0 Å². The number of aromatic nitrogens is 1. The summed E-state index contributed by atoms with van der Waals surface area (Å²) in [6, 6.07) is 7.73. The summed E-state index contributed by atoms with van der Waals surface area (Å²) in [6.07, 6.45) is 1.52. The standard InChI is InChI=1S/C12H11FN2O/c13-10-3-1-9(2-4-10)11-5-8(7-16)6-15-12(11)14/h1-6,16H,7H2,(H2,14,15). The molecule has 16 heavy (non-hydrogen) atoms. The zero-order chi connectivity index (χ0) is 11.5. The first-order chi connectivity index (χ1) is 7.70. The van der Waals surface area contributed by atoms with Gasteiger partial charge in [-0.05, 0) is 29.3 Å². The van der Waals surface area contributed by atoms with Crippen LogP contribution in [0.3, 0.4) is 0 Å². The largest absolute Gasteiger partial charge is 0.392 e. The SMILES string of the molecule is Nc1ncc(CO)cc1-c1ccc(F)cc1. The maximum absolute atomic E-state index is 12.8. The van der Waals surface area contributed by atoms with Crippen LogP contribution < -0.4 is 5.73 Å². The van der Waals surface area contributed by atoms with Crippen molar-refractivity contribution < 1.29 is 9.50 Å². The molecular formula is C12H11FN2O. The lowest BCUT2D eigenvalue weighted by Crippen LogP contribution is -1.96. The van der Waals surface area contributed by atoms with Crippen molar-refractivity contribution in [3.05, 3.63) is 47.9 Å². The summed E-state index contributed by atoms with van der Waals surface area (Å²) in [5.74, 6) is 0.0670. The molecule has 0 saturated heterocycles. The molecule has 4 heteroatoms. The summed E-state index contributed by atoms with van der Waals surface area (Å²) < 4.78 is 12.8. The molecule has 82 valence electrons.